The van der Waals surface area contributed by atoms with Gasteiger partial charge in [0.1, 0.15) is 5.75 Å². The Morgan fingerprint density at radius 1 is 1.03 bits per heavy atom. The van der Waals surface area contributed by atoms with Crippen molar-refractivity contribution in [2.24, 2.45) is 0 Å². The number of rotatable bonds is 4. The van der Waals surface area contributed by atoms with Gasteiger partial charge < -0.3 is 19.0 Å². The Morgan fingerprint density at radius 3 is 2.65 bits per heavy atom. The maximum atomic E-state index is 12.9. The molecule has 0 N–H and O–H groups in total. The number of amides is 1. The molecule has 0 atom stereocenters. The summed E-state index contributed by atoms with van der Waals surface area (Å²) in [6.45, 7) is 4.93. The number of anilines is 1. The third-order valence-corrected chi connectivity index (χ3v) is 5.97. The molecule has 2 aliphatic rings. The second-order valence-electron chi connectivity index (χ2n) is 8.12. The van der Waals surface area contributed by atoms with Gasteiger partial charge in [0.25, 0.3) is 5.91 Å². The molecule has 2 aliphatic heterocycles. The third kappa shape index (κ3) is 4.00. The highest BCUT2D eigenvalue weighted by atomic mass is 16.5. The number of hydrogen-bond donors (Lipinski definition) is 0. The van der Waals surface area contributed by atoms with Gasteiger partial charge in [-0.25, -0.2) is 4.98 Å². The average molecular weight is 418 g/mol. The summed E-state index contributed by atoms with van der Waals surface area (Å²) in [6.07, 6.45) is 5.73. The summed E-state index contributed by atoms with van der Waals surface area (Å²) in [5.74, 6) is 2.25. The smallest absolute Gasteiger partial charge is 0.289 e. The molecule has 0 bridgehead atoms. The van der Waals surface area contributed by atoms with Crippen LogP contribution in [0.4, 0.5) is 5.95 Å². The number of hydrogen-bond acceptors (Lipinski definition) is 6. The molecule has 2 aromatic heterocycles. The normalized spacial score (nSPS) is 16.2. The zero-order valence-electron chi connectivity index (χ0n) is 17.7. The summed E-state index contributed by atoms with van der Waals surface area (Å²) in [7, 11) is 0. The highest BCUT2D eigenvalue weighted by Gasteiger charge is 2.29. The van der Waals surface area contributed by atoms with Crippen molar-refractivity contribution < 1.29 is 13.9 Å². The molecule has 5 rings (SSSR count). The monoisotopic (exact) mass is 418 g/mol. The van der Waals surface area contributed by atoms with Crippen LogP contribution in [0.15, 0.2) is 47.1 Å². The van der Waals surface area contributed by atoms with E-state index in [1.165, 1.54) is 12.7 Å². The molecule has 0 saturated carbocycles. The Morgan fingerprint density at radius 2 is 1.87 bits per heavy atom. The van der Waals surface area contributed by atoms with Crippen LogP contribution in [0.3, 0.4) is 0 Å². The second-order valence-corrected chi connectivity index (χ2v) is 8.12. The Kier molecular flexibility index (Phi) is 5.32. The van der Waals surface area contributed by atoms with Crippen LogP contribution in [0.25, 0.3) is 0 Å². The van der Waals surface area contributed by atoms with Crippen molar-refractivity contribution in [3.8, 4) is 11.6 Å². The average Bonchev–Trinajstić information content (AvgIpc) is 3.35. The van der Waals surface area contributed by atoms with Gasteiger partial charge >= 0.3 is 0 Å². The Labute approximate surface area is 181 Å². The van der Waals surface area contributed by atoms with Crippen molar-refractivity contribution in [1.82, 2.24) is 14.9 Å². The molecule has 7 nitrogen and oxygen atoms in total. The number of fused-ring (bicyclic) bond motifs is 1. The first-order valence-corrected chi connectivity index (χ1v) is 10.9. The first-order valence-electron chi connectivity index (χ1n) is 10.9. The van der Waals surface area contributed by atoms with Crippen molar-refractivity contribution in [1.29, 1.82) is 0 Å². The molecule has 1 saturated heterocycles. The number of nitrogens with zero attached hydrogens (tertiary/aromatic N) is 4. The van der Waals surface area contributed by atoms with Gasteiger partial charge in [-0.3, -0.25) is 4.79 Å². The van der Waals surface area contributed by atoms with Crippen molar-refractivity contribution in [2.75, 3.05) is 24.5 Å². The van der Waals surface area contributed by atoms with E-state index >= 15 is 0 Å². The Hall–Kier alpha value is -3.35. The molecule has 0 radical (unpaired) electrons. The van der Waals surface area contributed by atoms with E-state index in [9.17, 15) is 4.79 Å². The molecule has 0 spiro atoms. The van der Waals surface area contributed by atoms with Crippen molar-refractivity contribution in [3.63, 3.8) is 0 Å². The molecule has 1 fully saturated rings. The van der Waals surface area contributed by atoms with Crippen LogP contribution in [0.1, 0.15) is 46.6 Å². The fraction of sp³-hybridized carbons (Fsp3) is 0.375. The Bertz CT molecular complexity index is 1070. The van der Waals surface area contributed by atoms with Crippen molar-refractivity contribution in [2.45, 2.75) is 39.2 Å². The molecule has 1 amide bonds. The number of para-hydroxylation sites is 1. The fourth-order valence-corrected chi connectivity index (χ4v) is 4.20. The SMILES string of the molecule is Cc1ccccc1Oc1nc(N2CCCCC2)nc2c1CN(C(=O)c1ccco1)CC2. The van der Waals surface area contributed by atoms with Crippen LogP contribution >= 0.6 is 0 Å². The number of carbonyl (C=O) groups excluding carboxylic acids is 1. The van der Waals surface area contributed by atoms with Gasteiger partial charge in [-0.05, 0) is 49.9 Å². The summed E-state index contributed by atoms with van der Waals surface area (Å²) in [4.78, 5) is 26.6. The predicted molar refractivity (Wildman–Crippen MR) is 117 cm³/mol. The van der Waals surface area contributed by atoms with Gasteiger partial charge in [0.15, 0.2) is 5.76 Å². The number of aromatic nitrogens is 2. The van der Waals surface area contributed by atoms with Crippen LogP contribution in [0.2, 0.25) is 0 Å². The predicted octanol–water partition coefficient (Wildman–Crippen LogP) is 4.36. The summed E-state index contributed by atoms with van der Waals surface area (Å²) < 4.78 is 11.6. The van der Waals surface area contributed by atoms with Crippen molar-refractivity contribution in [3.05, 3.63) is 65.2 Å². The first-order chi connectivity index (χ1) is 15.2. The van der Waals surface area contributed by atoms with Gasteiger partial charge in [0.05, 0.1) is 24.1 Å². The van der Waals surface area contributed by atoms with Crippen LogP contribution in [-0.2, 0) is 13.0 Å². The van der Waals surface area contributed by atoms with Gasteiger partial charge in [0, 0.05) is 26.1 Å². The van der Waals surface area contributed by atoms with Gasteiger partial charge in [-0.15, -0.1) is 0 Å². The number of benzene rings is 1. The number of aryl methyl sites for hydroxylation is 1. The lowest BCUT2D eigenvalue weighted by molar-refractivity contribution is 0.0699. The highest BCUT2D eigenvalue weighted by molar-refractivity contribution is 5.91. The molecule has 4 heterocycles. The standard InChI is InChI=1S/C24H26N4O3/c1-17-8-3-4-9-20(17)31-22-18-16-28(23(29)21-10-7-15-30-21)14-11-19(18)25-24(26-22)27-12-5-2-6-13-27/h3-4,7-10,15H,2,5-6,11-14,16H2,1H3. The molecule has 0 aliphatic carbocycles. The minimum Gasteiger partial charge on any atom is -0.459 e. The van der Waals surface area contributed by atoms with E-state index < -0.39 is 0 Å². The summed E-state index contributed by atoms with van der Waals surface area (Å²) in [5.41, 5.74) is 2.87. The maximum Gasteiger partial charge on any atom is 0.289 e. The van der Waals surface area contributed by atoms with E-state index in [4.69, 9.17) is 19.1 Å². The molecule has 1 aromatic carbocycles. The lowest BCUT2D eigenvalue weighted by Gasteiger charge is -2.31. The molecule has 0 unspecified atom stereocenters. The number of furan rings is 1. The zero-order valence-corrected chi connectivity index (χ0v) is 17.7. The Balaban J connectivity index is 1.51. The topological polar surface area (TPSA) is 71.7 Å². The first kappa shape index (κ1) is 19.6. The van der Waals surface area contributed by atoms with E-state index in [0.29, 0.717) is 31.2 Å². The van der Waals surface area contributed by atoms with E-state index in [0.717, 1.165) is 54.4 Å². The maximum absolute atomic E-state index is 12.9. The lowest BCUT2D eigenvalue weighted by Crippen LogP contribution is -2.37. The summed E-state index contributed by atoms with van der Waals surface area (Å²) in [6, 6.07) is 11.3. The largest absolute Gasteiger partial charge is 0.459 e. The molecule has 3 aromatic rings. The number of carbonyl (C=O) groups is 1. The van der Waals surface area contributed by atoms with Crippen molar-refractivity contribution >= 4 is 11.9 Å². The summed E-state index contributed by atoms with van der Waals surface area (Å²) in [5, 5.41) is 0. The van der Waals surface area contributed by atoms with E-state index in [1.54, 1.807) is 17.0 Å². The van der Waals surface area contributed by atoms with Crippen LogP contribution < -0.4 is 9.64 Å². The minimum absolute atomic E-state index is 0.127. The second kappa shape index (κ2) is 8.41. The van der Waals surface area contributed by atoms with E-state index in [1.807, 2.05) is 31.2 Å². The summed E-state index contributed by atoms with van der Waals surface area (Å²) >= 11 is 0. The van der Waals surface area contributed by atoms with Gasteiger partial charge in [-0.1, -0.05) is 18.2 Å². The third-order valence-electron chi connectivity index (χ3n) is 5.97. The zero-order chi connectivity index (χ0) is 21.2. The van der Waals surface area contributed by atoms with E-state index in [2.05, 4.69) is 4.90 Å². The molecular formula is C24H26N4O3. The molecule has 7 heteroatoms. The minimum atomic E-state index is -0.127. The lowest BCUT2D eigenvalue weighted by atomic mass is 10.1. The number of ether oxygens (including phenoxy) is 1. The molecule has 31 heavy (non-hydrogen) atoms. The van der Waals surface area contributed by atoms with E-state index in [-0.39, 0.29) is 5.91 Å². The fourth-order valence-electron chi connectivity index (χ4n) is 4.20. The van der Waals surface area contributed by atoms with Gasteiger partial charge in [0.2, 0.25) is 11.8 Å². The molecule has 160 valence electrons. The molecular weight excluding hydrogens is 392 g/mol. The highest BCUT2D eigenvalue weighted by Crippen LogP contribution is 2.33. The van der Waals surface area contributed by atoms with Crippen LogP contribution in [0, 0.1) is 6.92 Å². The van der Waals surface area contributed by atoms with Gasteiger partial charge in [-0.2, -0.15) is 4.98 Å². The van der Waals surface area contributed by atoms with Crippen LogP contribution in [-0.4, -0.2) is 40.4 Å². The van der Waals surface area contributed by atoms with Crippen LogP contribution in [0.5, 0.6) is 11.6 Å². The quantitative estimate of drug-likeness (QED) is 0.627. The number of piperidine rings is 1.